The van der Waals surface area contributed by atoms with E-state index in [0.717, 1.165) is 12.1 Å². The van der Waals surface area contributed by atoms with Gasteiger partial charge < -0.3 is 5.11 Å². The molecule has 22 heavy (non-hydrogen) atoms. The summed E-state index contributed by atoms with van der Waals surface area (Å²) in [5.41, 5.74) is 4.82. The molecule has 0 radical (unpaired) electrons. The molecule has 0 aliphatic carbocycles. The third-order valence-corrected chi connectivity index (χ3v) is 3.73. The molecule has 1 unspecified atom stereocenters. The van der Waals surface area contributed by atoms with Crippen molar-refractivity contribution in [3.63, 3.8) is 0 Å². The van der Waals surface area contributed by atoms with E-state index in [1.54, 1.807) is 19.1 Å². The number of hydrogen-bond donors (Lipinski definition) is 1. The first-order chi connectivity index (χ1) is 10.4. The van der Waals surface area contributed by atoms with E-state index >= 15 is 0 Å². The van der Waals surface area contributed by atoms with Gasteiger partial charge in [0.15, 0.2) is 0 Å². The molecule has 2 aromatic carbocycles. The Balaban J connectivity index is 2.13. The molecule has 0 fully saturated rings. The molecular formula is C19H24FNO. The van der Waals surface area contributed by atoms with E-state index in [0.29, 0.717) is 13.1 Å². The topological polar surface area (TPSA) is 23.5 Å². The molecule has 0 aromatic heterocycles. The average Bonchev–Trinajstić information content (AvgIpc) is 2.44. The van der Waals surface area contributed by atoms with Crippen molar-refractivity contribution in [1.82, 2.24) is 4.90 Å². The van der Waals surface area contributed by atoms with E-state index in [-0.39, 0.29) is 5.82 Å². The fourth-order valence-corrected chi connectivity index (χ4v) is 2.67. The summed E-state index contributed by atoms with van der Waals surface area (Å²) in [5.74, 6) is -0.222. The van der Waals surface area contributed by atoms with Gasteiger partial charge in [-0.2, -0.15) is 0 Å². The van der Waals surface area contributed by atoms with Crippen LogP contribution in [0.25, 0.3) is 0 Å². The maximum absolute atomic E-state index is 13.0. The van der Waals surface area contributed by atoms with E-state index in [9.17, 15) is 9.50 Å². The average molecular weight is 301 g/mol. The molecule has 2 aromatic rings. The maximum atomic E-state index is 13.0. The molecule has 1 N–H and O–H groups in total. The molecule has 0 spiro atoms. The van der Waals surface area contributed by atoms with E-state index in [2.05, 4.69) is 36.9 Å². The maximum Gasteiger partial charge on any atom is 0.123 e. The quantitative estimate of drug-likeness (QED) is 0.876. The van der Waals surface area contributed by atoms with Gasteiger partial charge in [0.05, 0.1) is 6.10 Å². The van der Waals surface area contributed by atoms with Crippen molar-refractivity contribution in [2.75, 3.05) is 6.54 Å². The van der Waals surface area contributed by atoms with Crippen LogP contribution in [-0.2, 0) is 13.1 Å². The van der Waals surface area contributed by atoms with E-state index < -0.39 is 6.10 Å². The number of benzene rings is 2. The summed E-state index contributed by atoms with van der Waals surface area (Å²) in [6.07, 6.45) is -0.397. The Hall–Kier alpha value is -1.71. The van der Waals surface area contributed by atoms with Crippen LogP contribution in [0.15, 0.2) is 42.5 Å². The van der Waals surface area contributed by atoms with Gasteiger partial charge in [-0.25, -0.2) is 4.39 Å². The standard InChI is InChI=1S/C19H24FNO/c1-14-4-7-18(15(2)10-14)13-21(11-16(3)22)12-17-5-8-19(20)9-6-17/h4-10,16,22H,11-13H2,1-3H3. The predicted molar refractivity (Wildman–Crippen MR) is 88.1 cm³/mol. The zero-order valence-corrected chi connectivity index (χ0v) is 13.5. The van der Waals surface area contributed by atoms with Gasteiger partial charge in [-0.3, -0.25) is 4.90 Å². The summed E-state index contributed by atoms with van der Waals surface area (Å²) >= 11 is 0. The Bertz CT molecular complexity index is 607. The van der Waals surface area contributed by atoms with Crippen LogP contribution >= 0.6 is 0 Å². The lowest BCUT2D eigenvalue weighted by Crippen LogP contribution is -2.30. The Morgan fingerprint density at radius 3 is 2.32 bits per heavy atom. The van der Waals surface area contributed by atoms with Crippen LogP contribution in [0, 0.1) is 19.7 Å². The fraction of sp³-hybridized carbons (Fsp3) is 0.368. The van der Waals surface area contributed by atoms with Crippen molar-refractivity contribution in [2.45, 2.75) is 40.0 Å². The van der Waals surface area contributed by atoms with Gasteiger partial charge in [0.1, 0.15) is 5.82 Å². The monoisotopic (exact) mass is 301 g/mol. The zero-order chi connectivity index (χ0) is 16.1. The summed E-state index contributed by atoms with van der Waals surface area (Å²) in [7, 11) is 0. The van der Waals surface area contributed by atoms with Crippen LogP contribution < -0.4 is 0 Å². The van der Waals surface area contributed by atoms with Crippen LogP contribution in [0.3, 0.4) is 0 Å². The fourth-order valence-electron chi connectivity index (χ4n) is 2.67. The first-order valence-electron chi connectivity index (χ1n) is 7.65. The lowest BCUT2D eigenvalue weighted by molar-refractivity contribution is 0.118. The highest BCUT2D eigenvalue weighted by Gasteiger charge is 2.11. The van der Waals surface area contributed by atoms with Crippen LogP contribution in [0.4, 0.5) is 4.39 Å². The summed E-state index contributed by atoms with van der Waals surface area (Å²) in [4.78, 5) is 2.19. The second-order valence-electron chi connectivity index (χ2n) is 6.08. The predicted octanol–water partition coefficient (Wildman–Crippen LogP) is 3.83. The molecular weight excluding hydrogens is 277 g/mol. The minimum atomic E-state index is -0.397. The molecule has 0 aliphatic heterocycles. The highest BCUT2D eigenvalue weighted by atomic mass is 19.1. The molecule has 0 saturated heterocycles. The molecule has 2 rings (SSSR count). The van der Waals surface area contributed by atoms with Crippen LogP contribution in [0.2, 0.25) is 0 Å². The van der Waals surface area contributed by atoms with Gasteiger partial charge in [-0.05, 0) is 49.6 Å². The first-order valence-corrected chi connectivity index (χ1v) is 7.65. The number of aliphatic hydroxyl groups excluding tert-OH is 1. The van der Waals surface area contributed by atoms with Crippen LogP contribution in [0.1, 0.15) is 29.2 Å². The van der Waals surface area contributed by atoms with Crippen molar-refractivity contribution in [3.8, 4) is 0 Å². The number of halogens is 1. The van der Waals surface area contributed by atoms with Gasteiger partial charge in [0.25, 0.3) is 0 Å². The number of aliphatic hydroxyl groups is 1. The summed E-state index contributed by atoms with van der Waals surface area (Å²) in [6.45, 7) is 8.04. The lowest BCUT2D eigenvalue weighted by Gasteiger charge is -2.25. The molecule has 0 heterocycles. The molecule has 0 amide bonds. The second kappa shape index (κ2) is 7.52. The normalized spacial score (nSPS) is 12.6. The van der Waals surface area contributed by atoms with Gasteiger partial charge in [-0.15, -0.1) is 0 Å². The van der Waals surface area contributed by atoms with Crippen molar-refractivity contribution in [3.05, 3.63) is 70.5 Å². The second-order valence-corrected chi connectivity index (χ2v) is 6.08. The molecule has 0 saturated carbocycles. The molecule has 0 bridgehead atoms. The highest BCUT2D eigenvalue weighted by Crippen LogP contribution is 2.16. The Morgan fingerprint density at radius 1 is 1.05 bits per heavy atom. The van der Waals surface area contributed by atoms with Crippen molar-refractivity contribution in [2.24, 2.45) is 0 Å². The van der Waals surface area contributed by atoms with E-state index in [4.69, 9.17) is 0 Å². The Morgan fingerprint density at radius 2 is 1.73 bits per heavy atom. The lowest BCUT2D eigenvalue weighted by atomic mass is 10.0. The Labute approximate surface area is 132 Å². The Kier molecular flexibility index (Phi) is 5.69. The van der Waals surface area contributed by atoms with Crippen LogP contribution in [0.5, 0.6) is 0 Å². The van der Waals surface area contributed by atoms with Crippen LogP contribution in [-0.4, -0.2) is 22.7 Å². The summed E-state index contributed by atoms with van der Waals surface area (Å²) < 4.78 is 13.0. The molecule has 2 nitrogen and oxygen atoms in total. The minimum absolute atomic E-state index is 0.222. The molecule has 3 heteroatoms. The molecule has 118 valence electrons. The summed E-state index contributed by atoms with van der Waals surface area (Å²) in [5, 5.41) is 9.73. The minimum Gasteiger partial charge on any atom is -0.392 e. The number of nitrogens with zero attached hydrogens (tertiary/aromatic N) is 1. The summed E-state index contributed by atoms with van der Waals surface area (Å²) in [6, 6.07) is 13.0. The van der Waals surface area contributed by atoms with E-state index in [1.807, 2.05) is 0 Å². The third-order valence-electron chi connectivity index (χ3n) is 3.73. The van der Waals surface area contributed by atoms with Crippen molar-refractivity contribution in [1.29, 1.82) is 0 Å². The van der Waals surface area contributed by atoms with Gasteiger partial charge in [-0.1, -0.05) is 35.9 Å². The SMILES string of the molecule is Cc1ccc(CN(Cc2ccc(F)cc2)CC(C)O)c(C)c1. The molecule has 0 aliphatic rings. The molecule has 1 atom stereocenters. The smallest absolute Gasteiger partial charge is 0.123 e. The van der Waals surface area contributed by atoms with Gasteiger partial charge in [0, 0.05) is 19.6 Å². The third kappa shape index (κ3) is 4.93. The van der Waals surface area contributed by atoms with Crippen molar-refractivity contribution < 1.29 is 9.50 Å². The largest absolute Gasteiger partial charge is 0.392 e. The first kappa shape index (κ1) is 16.7. The highest BCUT2D eigenvalue weighted by molar-refractivity contribution is 5.30. The number of aryl methyl sites for hydroxylation is 2. The van der Waals surface area contributed by atoms with Crippen molar-refractivity contribution >= 4 is 0 Å². The van der Waals surface area contributed by atoms with Gasteiger partial charge >= 0.3 is 0 Å². The van der Waals surface area contributed by atoms with Gasteiger partial charge in [0.2, 0.25) is 0 Å². The number of hydrogen-bond acceptors (Lipinski definition) is 2. The number of rotatable bonds is 6. The zero-order valence-electron chi connectivity index (χ0n) is 13.5. The van der Waals surface area contributed by atoms with E-state index in [1.165, 1.54) is 28.8 Å².